The molecule has 2 N–H and O–H groups in total. The Morgan fingerprint density at radius 3 is 2.65 bits per heavy atom. The van der Waals surface area contributed by atoms with Gasteiger partial charge in [-0.3, -0.25) is 9.59 Å². The topological polar surface area (TPSA) is 123 Å². The van der Waals surface area contributed by atoms with Gasteiger partial charge < -0.3 is 15.4 Å². The van der Waals surface area contributed by atoms with Crippen molar-refractivity contribution in [2.24, 2.45) is 4.99 Å². The maximum absolute atomic E-state index is 14.9. The van der Waals surface area contributed by atoms with E-state index in [9.17, 15) is 14.0 Å². The Morgan fingerprint density at radius 1 is 1.12 bits per heavy atom. The highest BCUT2D eigenvalue weighted by Gasteiger charge is 2.34. The average Bonchev–Trinajstić information content (AvgIpc) is 3.28. The van der Waals surface area contributed by atoms with Gasteiger partial charge in [-0.05, 0) is 13.0 Å². The Bertz CT molecular complexity index is 1630. The van der Waals surface area contributed by atoms with Crippen LogP contribution in [0.1, 0.15) is 47.6 Å². The molecule has 2 amide bonds. The first-order valence-corrected chi connectivity index (χ1v) is 13.1. The van der Waals surface area contributed by atoms with E-state index in [-0.39, 0.29) is 17.4 Å². The number of carbonyl (C=O) groups excluding carboxylic acids is 2. The molecule has 40 heavy (non-hydrogen) atoms. The van der Waals surface area contributed by atoms with Crippen molar-refractivity contribution in [3.8, 4) is 17.1 Å². The zero-order valence-electron chi connectivity index (χ0n) is 21.9. The maximum Gasteiger partial charge on any atom is 0.269 e. The summed E-state index contributed by atoms with van der Waals surface area (Å²) in [6, 6.07) is 13.6. The first kappa shape index (κ1) is 25.4. The number of halogens is 1. The van der Waals surface area contributed by atoms with Crippen molar-refractivity contribution in [1.29, 1.82) is 0 Å². The van der Waals surface area contributed by atoms with E-state index in [2.05, 4.69) is 30.7 Å². The summed E-state index contributed by atoms with van der Waals surface area (Å²) in [5.41, 5.74) is 2.46. The van der Waals surface area contributed by atoms with Crippen molar-refractivity contribution in [2.75, 3.05) is 5.32 Å². The molecule has 0 saturated carbocycles. The Labute approximate surface area is 229 Å². The lowest BCUT2D eigenvalue weighted by Gasteiger charge is -2.22. The Morgan fingerprint density at radius 2 is 1.90 bits per heavy atom. The van der Waals surface area contributed by atoms with E-state index in [1.54, 1.807) is 29.2 Å². The van der Waals surface area contributed by atoms with E-state index in [0.29, 0.717) is 52.8 Å². The Hall–Kier alpha value is -4.93. The molecule has 4 aromatic rings. The molecule has 6 rings (SSSR count). The fraction of sp³-hybridized carbons (Fsp3) is 0.241. The second kappa shape index (κ2) is 10.3. The summed E-state index contributed by atoms with van der Waals surface area (Å²) < 4.78 is 22.5. The van der Waals surface area contributed by atoms with Gasteiger partial charge in [-0.15, -0.1) is 0 Å². The van der Waals surface area contributed by atoms with Gasteiger partial charge in [0, 0.05) is 48.5 Å². The highest BCUT2D eigenvalue weighted by Crippen LogP contribution is 2.34. The lowest BCUT2D eigenvalue weighted by Crippen LogP contribution is -2.42. The largest absolute Gasteiger partial charge is 0.474 e. The number of rotatable bonds is 5. The van der Waals surface area contributed by atoms with Gasteiger partial charge in [0.1, 0.15) is 22.9 Å². The molecule has 0 bridgehead atoms. The SMILES string of the molecule is CCc1ncc(-c2nn3c(c2C(=O)N[C@H]2N=C(c4ccccc4)c4cccc(F)c4NC2=O)O[C@H](C)CC3)cn1. The smallest absolute Gasteiger partial charge is 0.269 e. The fourth-order valence-electron chi connectivity index (χ4n) is 4.76. The Kier molecular flexibility index (Phi) is 6.54. The minimum atomic E-state index is -1.36. The second-order valence-corrected chi connectivity index (χ2v) is 9.58. The number of benzene rings is 2. The molecule has 202 valence electrons. The van der Waals surface area contributed by atoms with Gasteiger partial charge in [-0.1, -0.05) is 49.4 Å². The van der Waals surface area contributed by atoms with Crippen LogP contribution in [0.5, 0.6) is 5.88 Å². The van der Waals surface area contributed by atoms with E-state index in [1.165, 1.54) is 6.07 Å². The van der Waals surface area contributed by atoms with Crippen molar-refractivity contribution < 1.29 is 18.7 Å². The molecular weight excluding hydrogens is 513 g/mol. The maximum atomic E-state index is 14.9. The number of nitrogens with one attached hydrogen (secondary N) is 2. The molecule has 0 saturated heterocycles. The van der Waals surface area contributed by atoms with Crippen LogP contribution in [0, 0.1) is 5.82 Å². The molecule has 2 aliphatic heterocycles. The molecule has 0 unspecified atom stereocenters. The number of benzodiazepines with no additional fused rings is 1. The predicted octanol–water partition coefficient (Wildman–Crippen LogP) is 3.76. The number of anilines is 1. The summed E-state index contributed by atoms with van der Waals surface area (Å²) in [5, 5.41) is 9.97. The number of aryl methyl sites for hydroxylation is 2. The van der Waals surface area contributed by atoms with Crippen molar-refractivity contribution in [3.63, 3.8) is 0 Å². The molecule has 2 aromatic carbocycles. The van der Waals surface area contributed by atoms with Gasteiger partial charge in [-0.25, -0.2) is 24.0 Å². The number of nitrogens with zero attached hydrogens (tertiary/aromatic N) is 5. The predicted molar refractivity (Wildman–Crippen MR) is 146 cm³/mol. The molecule has 2 aromatic heterocycles. The number of hydrogen-bond acceptors (Lipinski definition) is 7. The number of fused-ring (bicyclic) bond motifs is 2. The molecule has 10 nitrogen and oxygen atoms in total. The number of hydrogen-bond donors (Lipinski definition) is 2. The highest BCUT2D eigenvalue weighted by molar-refractivity contribution is 6.20. The molecule has 0 spiro atoms. The number of amides is 2. The van der Waals surface area contributed by atoms with Crippen LogP contribution < -0.4 is 15.4 Å². The third-order valence-corrected chi connectivity index (χ3v) is 6.83. The van der Waals surface area contributed by atoms with Gasteiger partial charge in [0.2, 0.25) is 12.0 Å². The molecule has 2 atom stereocenters. The van der Waals surface area contributed by atoms with Crippen molar-refractivity contribution in [1.82, 2.24) is 25.1 Å². The van der Waals surface area contributed by atoms with E-state index >= 15 is 0 Å². The van der Waals surface area contributed by atoms with Gasteiger partial charge in [0.05, 0.1) is 17.5 Å². The normalized spacial score (nSPS) is 18.0. The zero-order valence-corrected chi connectivity index (χ0v) is 21.9. The summed E-state index contributed by atoms with van der Waals surface area (Å²) in [4.78, 5) is 40.5. The average molecular weight is 540 g/mol. The van der Waals surface area contributed by atoms with E-state index in [0.717, 1.165) is 6.42 Å². The standard InChI is InChI=1S/C29H26FN7O3/c1-3-21-31-14-18(15-32-21)24-22(29-37(36-24)13-12-16(2)40-29)27(38)35-26-28(39)34-25-19(10-7-11-20(25)30)23(33-26)17-8-5-4-6-9-17/h4-11,14-16,26H,3,12-13H2,1-2H3,(H,34,39)(H,35,38)/t16-,26-/m1/s1. The van der Waals surface area contributed by atoms with Crippen LogP contribution in [0.15, 0.2) is 65.9 Å². The highest BCUT2D eigenvalue weighted by atomic mass is 19.1. The van der Waals surface area contributed by atoms with E-state index < -0.39 is 23.8 Å². The molecule has 11 heteroatoms. The van der Waals surface area contributed by atoms with Crippen molar-refractivity contribution >= 4 is 23.2 Å². The Balaban J connectivity index is 1.42. The third-order valence-electron chi connectivity index (χ3n) is 6.83. The quantitative estimate of drug-likeness (QED) is 0.398. The van der Waals surface area contributed by atoms with Crippen molar-refractivity contribution in [2.45, 2.75) is 45.5 Å². The van der Waals surface area contributed by atoms with Gasteiger partial charge in [-0.2, -0.15) is 5.10 Å². The number of aromatic nitrogens is 4. The third kappa shape index (κ3) is 4.59. The van der Waals surface area contributed by atoms with Crippen molar-refractivity contribution in [3.05, 3.63) is 89.3 Å². The first-order valence-electron chi connectivity index (χ1n) is 13.1. The lowest BCUT2D eigenvalue weighted by molar-refractivity contribution is -0.117. The van der Waals surface area contributed by atoms with Gasteiger partial charge in [0.25, 0.3) is 11.8 Å². The fourth-order valence-corrected chi connectivity index (χ4v) is 4.76. The summed E-state index contributed by atoms with van der Waals surface area (Å²) in [6.45, 7) is 4.42. The molecule has 0 fully saturated rings. The molecule has 0 aliphatic carbocycles. The molecular formula is C29H26FN7O3. The zero-order chi connectivity index (χ0) is 27.8. The summed E-state index contributed by atoms with van der Waals surface area (Å²) in [7, 11) is 0. The second-order valence-electron chi connectivity index (χ2n) is 9.58. The van der Waals surface area contributed by atoms with E-state index in [4.69, 9.17) is 4.74 Å². The molecule has 0 radical (unpaired) electrons. The van der Waals surface area contributed by atoms with Gasteiger partial charge >= 0.3 is 0 Å². The van der Waals surface area contributed by atoms with Crippen LogP contribution in [0.25, 0.3) is 11.3 Å². The summed E-state index contributed by atoms with van der Waals surface area (Å²) in [6.07, 6.45) is 3.12. The van der Waals surface area contributed by atoms with Crippen LogP contribution in [0.3, 0.4) is 0 Å². The summed E-state index contributed by atoms with van der Waals surface area (Å²) >= 11 is 0. The number of carbonyl (C=O) groups is 2. The van der Waals surface area contributed by atoms with Crippen LogP contribution in [0.4, 0.5) is 10.1 Å². The van der Waals surface area contributed by atoms with Crippen LogP contribution in [0.2, 0.25) is 0 Å². The van der Waals surface area contributed by atoms with Crippen LogP contribution >= 0.6 is 0 Å². The number of ether oxygens (including phenoxy) is 1. The molecule has 4 heterocycles. The number of para-hydroxylation sites is 1. The minimum Gasteiger partial charge on any atom is -0.474 e. The first-order chi connectivity index (χ1) is 19.4. The van der Waals surface area contributed by atoms with E-state index in [1.807, 2.05) is 44.2 Å². The van der Waals surface area contributed by atoms with Gasteiger partial charge in [0.15, 0.2) is 0 Å². The summed E-state index contributed by atoms with van der Waals surface area (Å²) in [5.74, 6) is -0.951. The minimum absolute atomic E-state index is 0.000717. The monoisotopic (exact) mass is 539 g/mol. The lowest BCUT2D eigenvalue weighted by atomic mass is 10.0. The number of aliphatic imine (C=N–C) groups is 1. The van der Waals surface area contributed by atoms with Crippen LogP contribution in [-0.2, 0) is 17.8 Å². The van der Waals surface area contributed by atoms with Crippen LogP contribution in [-0.4, -0.2) is 49.5 Å². The molecule has 2 aliphatic rings.